The molecular formula is C11H11BrN4O. The molecule has 0 atom stereocenters. The summed E-state index contributed by atoms with van der Waals surface area (Å²) in [5, 5.41) is 4.14. The topological polar surface area (TPSA) is 72.9 Å². The first kappa shape index (κ1) is 11.8. The summed E-state index contributed by atoms with van der Waals surface area (Å²) < 4.78 is 2.64. The van der Waals surface area contributed by atoms with Crippen molar-refractivity contribution in [3.05, 3.63) is 52.3 Å². The Kier molecular flexibility index (Phi) is 3.55. The van der Waals surface area contributed by atoms with Crippen LogP contribution in [0.2, 0.25) is 0 Å². The molecule has 1 aromatic heterocycles. The molecule has 0 bridgehead atoms. The molecule has 2 aromatic rings. The number of benzene rings is 1. The third-order valence-corrected chi connectivity index (χ3v) is 2.74. The highest BCUT2D eigenvalue weighted by Crippen LogP contribution is 2.12. The molecule has 6 heteroatoms. The molecule has 3 N–H and O–H groups in total. The molecule has 0 saturated carbocycles. The van der Waals surface area contributed by atoms with Gasteiger partial charge in [0.05, 0.1) is 17.2 Å². The summed E-state index contributed by atoms with van der Waals surface area (Å²) in [6.45, 7) is 0.523. The van der Waals surface area contributed by atoms with Crippen LogP contribution in [-0.4, -0.2) is 15.7 Å². The Morgan fingerprint density at radius 2 is 2.24 bits per heavy atom. The van der Waals surface area contributed by atoms with E-state index in [4.69, 9.17) is 5.84 Å². The number of nitrogen functional groups attached to an aromatic ring is 1. The Morgan fingerprint density at radius 3 is 2.88 bits per heavy atom. The number of hydrogen-bond donors (Lipinski definition) is 2. The third kappa shape index (κ3) is 2.72. The summed E-state index contributed by atoms with van der Waals surface area (Å²) in [6.07, 6.45) is 3.54. The fraction of sp³-hybridized carbons (Fsp3) is 0.0909. The van der Waals surface area contributed by atoms with Crippen molar-refractivity contribution in [1.82, 2.24) is 15.2 Å². The average molecular weight is 295 g/mol. The Morgan fingerprint density at radius 1 is 1.47 bits per heavy atom. The molecule has 0 saturated heterocycles. The number of aromatic nitrogens is 2. The third-order valence-electron chi connectivity index (χ3n) is 2.33. The summed E-state index contributed by atoms with van der Waals surface area (Å²) in [5.41, 5.74) is 3.56. The Hall–Kier alpha value is -1.66. The lowest BCUT2D eigenvalue weighted by molar-refractivity contribution is 0.0952. The number of halogens is 1. The number of carbonyl (C=O) groups is 1. The van der Waals surface area contributed by atoms with Gasteiger partial charge in [-0.05, 0) is 27.6 Å². The van der Waals surface area contributed by atoms with Crippen LogP contribution in [0.5, 0.6) is 0 Å². The fourth-order valence-electron chi connectivity index (χ4n) is 1.56. The van der Waals surface area contributed by atoms with Crippen LogP contribution in [0.25, 0.3) is 0 Å². The van der Waals surface area contributed by atoms with E-state index in [9.17, 15) is 4.79 Å². The lowest BCUT2D eigenvalue weighted by Crippen LogP contribution is -2.31. The average Bonchev–Trinajstić information content (AvgIpc) is 2.74. The van der Waals surface area contributed by atoms with Gasteiger partial charge in [0.2, 0.25) is 0 Å². The highest BCUT2D eigenvalue weighted by Gasteiger charge is 2.09. The molecule has 88 valence electrons. The predicted octanol–water partition coefficient (Wildman–Crippen LogP) is 1.30. The number of rotatable bonds is 3. The molecule has 17 heavy (non-hydrogen) atoms. The zero-order valence-electron chi connectivity index (χ0n) is 8.93. The summed E-state index contributed by atoms with van der Waals surface area (Å²) in [4.78, 5) is 11.6. The molecule has 0 unspecified atom stereocenters. The molecule has 1 heterocycles. The molecule has 0 aliphatic heterocycles. The summed E-state index contributed by atoms with van der Waals surface area (Å²) in [6, 6.07) is 7.28. The van der Waals surface area contributed by atoms with E-state index < -0.39 is 0 Å². The molecule has 0 spiro atoms. The van der Waals surface area contributed by atoms with Gasteiger partial charge in [-0.15, -0.1) is 0 Å². The summed E-state index contributed by atoms with van der Waals surface area (Å²) in [7, 11) is 0. The monoisotopic (exact) mass is 294 g/mol. The van der Waals surface area contributed by atoms with E-state index in [2.05, 4.69) is 26.5 Å². The van der Waals surface area contributed by atoms with Crippen molar-refractivity contribution in [3.63, 3.8) is 0 Å². The molecule has 2 rings (SSSR count). The smallest absolute Gasteiger partial charge is 0.265 e. The maximum Gasteiger partial charge on any atom is 0.265 e. The van der Waals surface area contributed by atoms with Crippen molar-refractivity contribution in [2.24, 2.45) is 5.84 Å². The fourth-order valence-corrected chi connectivity index (χ4v) is 1.88. The van der Waals surface area contributed by atoms with Crippen molar-refractivity contribution < 1.29 is 4.79 Å². The van der Waals surface area contributed by atoms with Crippen LogP contribution in [0.3, 0.4) is 0 Å². The Labute approximate surface area is 107 Å². The number of hydrogen-bond acceptors (Lipinski definition) is 3. The van der Waals surface area contributed by atoms with Gasteiger partial charge < -0.3 is 0 Å². The van der Waals surface area contributed by atoms with E-state index in [0.717, 1.165) is 10.0 Å². The van der Waals surface area contributed by atoms with Crippen LogP contribution in [0.1, 0.15) is 15.9 Å². The van der Waals surface area contributed by atoms with Gasteiger partial charge in [-0.2, -0.15) is 5.10 Å². The molecular weight excluding hydrogens is 284 g/mol. The van der Waals surface area contributed by atoms with E-state index in [1.54, 1.807) is 23.0 Å². The van der Waals surface area contributed by atoms with E-state index >= 15 is 0 Å². The van der Waals surface area contributed by atoms with E-state index in [1.165, 1.54) is 0 Å². The molecule has 0 fully saturated rings. The van der Waals surface area contributed by atoms with Crippen molar-refractivity contribution in [1.29, 1.82) is 0 Å². The van der Waals surface area contributed by atoms with Crippen LogP contribution in [0.4, 0.5) is 0 Å². The van der Waals surface area contributed by atoms with Crippen molar-refractivity contribution in [3.8, 4) is 0 Å². The number of carbonyl (C=O) groups excluding carboxylic acids is 1. The lowest BCUT2D eigenvalue weighted by Gasteiger charge is -2.07. The first-order chi connectivity index (χ1) is 8.20. The van der Waals surface area contributed by atoms with Gasteiger partial charge in [0, 0.05) is 11.8 Å². The van der Waals surface area contributed by atoms with Crippen LogP contribution in [0.15, 0.2) is 41.1 Å². The second kappa shape index (κ2) is 5.11. The number of nitrogens with one attached hydrogen (secondary N) is 1. The van der Waals surface area contributed by atoms with Gasteiger partial charge in [-0.1, -0.05) is 18.2 Å². The lowest BCUT2D eigenvalue weighted by atomic mass is 10.1. The minimum absolute atomic E-state index is 0.299. The van der Waals surface area contributed by atoms with Crippen molar-refractivity contribution in [2.75, 3.05) is 0 Å². The molecule has 0 radical (unpaired) electrons. The first-order valence-corrected chi connectivity index (χ1v) is 5.77. The number of nitrogens with two attached hydrogens (primary N) is 1. The zero-order valence-corrected chi connectivity index (χ0v) is 10.5. The minimum Gasteiger partial charge on any atom is -0.290 e. The molecule has 1 amide bonds. The van der Waals surface area contributed by atoms with Gasteiger partial charge in [-0.3, -0.25) is 14.9 Å². The predicted molar refractivity (Wildman–Crippen MR) is 67.1 cm³/mol. The van der Waals surface area contributed by atoms with E-state index in [1.807, 2.05) is 18.3 Å². The quantitative estimate of drug-likeness (QED) is 0.509. The van der Waals surface area contributed by atoms with Gasteiger partial charge >= 0.3 is 0 Å². The highest BCUT2D eigenvalue weighted by atomic mass is 79.9. The second-order valence-corrected chi connectivity index (χ2v) is 4.40. The summed E-state index contributed by atoms with van der Waals surface area (Å²) in [5.74, 6) is 4.84. The second-order valence-electron chi connectivity index (χ2n) is 3.49. The van der Waals surface area contributed by atoms with E-state index in [0.29, 0.717) is 12.1 Å². The van der Waals surface area contributed by atoms with Crippen LogP contribution in [-0.2, 0) is 6.54 Å². The van der Waals surface area contributed by atoms with Crippen LogP contribution >= 0.6 is 15.9 Å². The maximum atomic E-state index is 11.6. The number of nitrogens with zero attached hydrogens (tertiary/aromatic N) is 2. The largest absolute Gasteiger partial charge is 0.290 e. The van der Waals surface area contributed by atoms with Crippen LogP contribution < -0.4 is 11.3 Å². The normalized spacial score (nSPS) is 10.2. The van der Waals surface area contributed by atoms with Gasteiger partial charge in [-0.25, -0.2) is 5.84 Å². The number of amides is 1. The highest BCUT2D eigenvalue weighted by molar-refractivity contribution is 9.10. The SMILES string of the molecule is NNC(=O)c1ccccc1Cn1cc(Br)cn1. The standard InChI is InChI=1S/C11H11BrN4O/c12-9-5-14-16(7-9)6-8-3-1-2-4-10(8)11(17)15-13/h1-5,7H,6,13H2,(H,15,17). The Bertz CT molecular complexity index is 538. The summed E-state index contributed by atoms with van der Waals surface area (Å²) >= 11 is 3.32. The molecule has 5 nitrogen and oxygen atoms in total. The number of hydrazine groups is 1. The molecule has 1 aromatic carbocycles. The minimum atomic E-state index is -0.299. The molecule has 0 aliphatic carbocycles. The van der Waals surface area contributed by atoms with Crippen molar-refractivity contribution in [2.45, 2.75) is 6.54 Å². The van der Waals surface area contributed by atoms with Crippen molar-refractivity contribution >= 4 is 21.8 Å². The van der Waals surface area contributed by atoms with Gasteiger partial charge in [0.1, 0.15) is 0 Å². The molecule has 0 aliphatic rings. The maximum absolute atomic E-state index is 11.6. The van der Waals surface area contributed by atoms with Gasteiger partial charge in [0.15, 0.2) is 0 Å². The van der Waals surface area contributed by atoms with Gasteiger partial charge in [0.25, 0.3) is 5.91 Å². The van der Waals surface area contributed by atoms with E-state index in [-0.39, 0.29) is 5.91 Å². The zero-order chi connectivity index (χ0) is 12.3. The first-order valence-electron chi connectivity index (χ1n) is 4.97. The Balaban J connectivity index is 2.29. The van der Waals surface area contributed by atoms with Crippen LogP contribution in [0, 0.1) is 0 Å².